The third kappa shape index (κ3) is 2.99. The molecular formula is C12H18N2O2. The highest BCUT2D eigenvalue weighted by Gasteiger charge is 2.26. The molecule has 0 radical (unpaired) electrons. The summed E-state index contributed by atoms with van der Waals surface area (Å²) in [7, 11) is 1.89. The molecule has 1 rings (SSSR count). The number of ether oxygens (including phenoxy) is 1. The lowest BCUT2D eigenvalue weighted by Gasteiger charge is -2.21. The molecule has 0 N–H and O–H groups in total. The van der Waals surface area contributed by atoms with Crippen molar-refractivity contribution in [1.29, 1.82) is 5.26 Å². The predicted octanol–water partition coefficient (Wildman–Crippen LogP) is 1.83. The predicted molar refractivity (Wildman–Crippen MR) is 60.3 cm³/mol. The number of esters is 1. The molecule has 1 heterocycles. The van der Waals surface area contributed by atoms with Crippen LogP contribution in [0.5, 0.6) is 0 Å². The van der Waals surface area contributed by atoms with Crippen molar-refractivity contribution >= 4 is 5.97 Å². The van der Waals surface area contributed by atoms with Gasteiger partial charge in [-0.1, -0.05) is 0 Å². The maximum absolute atomic E-state index is 11.8. The zero-order valence-corrected chi connectivity index (χ0v) is 10.3. The molecule has 0 aromatic rings. The first-order chi connectivity index (χ1) is 7.35. The molecule has 1 saturated heterocycles. The summed E-state index contributed by atoms with van der Waals surface area (Å²) in [6.45, 7) is 6.28. The first-order valence-corrected chi connectivity index (χ1v) is 5.43. The summed E-state index contributed by atoms with van der Waals surface area (Å²) in [5.41, 5.74) is 0.392. The third-order valence-corrected chi connectivity index (χ3v) is 2.37. The topological polar surface area (TPSA) is 53.3 Å². The van der Waals surface area contributed by atoms with Crippen molar-refractivity contribution in [2.24, 2.45) is 0 Å². The largest absolute Gasteiger partial charge is 0.456 e. The Bertz CT molecular complexity index is 358. The molecule has 16 heavy (non-hydrogen) atoms. The van der Waals surface area contributed by atoms with Crippen LogP contribution in [0.25, 0.3) is 0 Å². The summed E-state index contributed by atoms with van der Waals surface area (Å²) in [6.07, 6.45) is 1.76. The second kappa shape index (κ2) is 4.56. The van der Waals surface area contributed by atoms with Gasteiger partial charge in [0, 0.05) is 19.3 Å². The van der Waals surface area contributed by atoms with Crippen LogP contribution in [-0.4, -0.2) is 30.1 Å². The molecule has 88 valence electrons. The maximum Gasteiger partial charge on any atom is 0.351 e. The van der Waals surface area contributed by atoms with Crippen molar-refractivity contribution in [2.45, 2.75) is 39.2 Å². The van der Waals surface area contributed by atoms with Crippen LogP contribution >= 0.6 is 0 Å². The van der Waals surface area contributed by atoms with Crippen LogP contribution in [-0.2, 0) is 9.53 Å². The fourth-order valence-electron chi connectivity index (χ4n) is 1.68. The van der Waals surface area contributed by atoms with Gasteiger partial charge in [0.15, 0.2) is 5.57 Å². The molecule has 0 bridgehead atoms. The molecule has 0 unspecified atom stereocenters. The number of hydrogen-bond donors (Lipinski definition) is 0. The average molecular weight is 222 g/mol. The standard InChI is InChI=1S/C12H18N2O2/c1-12(2,3)16-11(15)9(8-13)10-6-5-7-14(10)4/h5-7H2,1-4H3. The van der Waals surface area contributed by atoms with E-state index in [0.29, 0.717) is 0 Å². The van der Waals surface area contributed by atoms with E-state index in [1.807, 2.05) is 18.0 Å². The van der Waals surface area contributed by atoms with Gasteiger partial charge in [-0.05, 0) is 33.6 Å². The Hall–Kier alpha value is -1.50. The van der Waals surface area contributed by atoms with Gasteiger partial charge in [-0.3, -0.25) is 0 Å². The molecule has 0 amide bonds. The molecule has 0 aromatic heterocycles. The number of nitrogens with zero attached hydrogens (tertiary/aromatic N) is 2. The van der Waals surface area contributed by atoms with Gasteiger partial charge in [-0.15, -0.1) is 0 Å². The van der Waals surface area contributed by atoms with Crippen molar-refractivity contribution < 1.29 is 9.53 Å². The van der Waals surface area contributed by atoms with Gasteiger partial charge in [0.05, 0.1) is 0 Å². The van der Waals surface area contributed by atoms with Crippen LogP contribution in [0.3, 0.4) is 0 Å². The van der Waals surface area contributed by atoms with Crippen molar-refractivity contribution in [2.75, 3.05) is 13.6 Å². The van der Waals surface area contributed by atoms with Crippen LogP contribution in [0.1, 0.15) is 33.6 Å². The quantitative estimate of drug-likeness (QED) is 0.386. The lowest BCUT2D eigenvalue weighted by atomic mass is 10.1. The molecule has 4 nitrogen and oxygen atoms in total. The van der Waals surface area contributed by atoms with E-state index in [9.17, 15) is 4.79 Å². The summed E-state index contributed by atoms with van der Waals surface area (Å²) >= 11 is 0. The van der Waals surface area contributed by atoms with E-state index in [-0.39, 0.29) is 5.57 Å². The highest BCUT2D eigenvalue weighted by Crippen LogP contribution is 2.24. The number of carbonyl (C=O) groups excluding carboxylic acids is 1. The Balaban J connectivity index is 2.92. The van der Waals surface area contributed by atoms with Crippen molar-refractivity contribution in [1.82, 2.24) is 4.90 Å². The molecule has 0 spiro atoms. The van der Waals surface area contributed by atoms with Crippen molar-refractivity contribution in [3.05, 3.63) is 11.3 Å². The highest BCUT2D eigenvalue weighted by molar-refractivity contribution is 5.93. The number of allylic oxidation sites excluding steroid dienone is 1. The molecule has 0 aromatic carbocycles. The zero-order valence-electron chi connectivity index (χ0n) is 10.3. The summed E-state index contributed by atoms with van der Waals surface area (Å²) in [4.78, 5) is 13.7. The minimum Gasteiger partial charge on any atom is -0.456 e. The first-order valence-electron chi connectivity index (χ1n) is 5.43. The Labute approximate surface area is 96.5 Å². The van der Waals surface area contributed by atoms with E-state index in [1.54, 1.807) is 20.8 Å². The fourth-order valence-corrected chi connectivity index (χ4v) is 1.68. The van der Waals surface area contributed by atoms with Gasteiger partial charge in [0.1, 0.15) is 11.7 Å². The minimum absolute atomic E-state index is 0.148. The Morgan fingerprint density at radius 1 is 1.50 bits per heavy atom. The second-order valence-electron chi connectivity index (χ2n) is 4.96. The van der Waals surface area contributed by atoms with E-state index < -0.39 is 11.6 Å². The van der Waals surface area contributed by atoms with E-state index in [4.69, 9.17) is 10.00 Å². The number of nitriles is 1. The Kier molecular flexibility index (Phi) is 3.58. The fraction of sp³-hybridized carbons (Fsp3) is 0.667. The maximum atomic E-state index is 11.8. The van der Waals surface area contributed by atoms with Gasteiger partial charge in [0.25, 0.3) is 0 Å². The normalized spacial score (nSPS) is 19.3. The van der Waals surface area contributed by atoms with Crippen LogP contribution < -0.4 is 0 Å². The molecule has 1 aliphatic rings. The monoisotopic (exact) mass is 222 g/mol. The third-order valence-electron chi connectivity index (χ3n) is 2.37. The van der Waals surface area contributed by atoms with E-state index in [1.165, 1.54) is 0 Å². The average Bonchev–Trinajstić information content (AvgIpc) is 2.50. The molecule has 0 saturated carbocycles. The lowest BCUT2D eigenvalue weighted by molar-refractivity contribution is -0.149. The SMILES string of the molecule is CN1CCCC1=C(C#N)C(=O)OC(C)(C)C. The van der Waals surface area contributed by atoms with Gasteiger partial charge >= 0.3 is 5.97 Å². The van der Waals surface area contributed by atoms with Gasteiger partial charge in [-0.25, -0.2) is 4.79 Å². The number of hydrogen-bond acceptors (Lipinski definition) is 4. The Morgan fingerprint density at radius 2 is 2.12 bits per heavy atom. The van der Waals surface area contributed by atoms with Gasteiger partial charge < -0.3 is 9.64 Å². The van der Waals surface area contributed by atoms with Crippen LogP contribution in [0, 0.1) is 11.3 Å². The van der Waals surface area contributed by atoms with E-state index in [0.717, 1.165) is 25.1 Å². The minimum atomic E-state index is -0.559. The second-order valence-corrected chi connectivity index (χ2v) is 4.96. The van der Waals surface area contributed by atoms with E-state index >= 15 is 0 Å². The van der Waals surface area contributed by atoms with Crippen molar-refractivity contribution in [3.63, 3.8) is 0 Å². The molecule has 0 aliphatic carbocycles. The first kappa shape index (κ1) is 12.6. The van der Waals surface area contributed by atoms with Crippen LogP contribution in [0.2, 0.25) is 0 Å². The molecular weight excluding hydrogens is 204 g/mol. The summed E-state index contributed by atoms with van der Waals surface area (Å²) in [5, 5.41) is 9.04. The van der Waals surface area contributed by atoms with Crippen molar-refractivity contribution in [3.8, 4) is 6.07 Å². The number of likely N-dealkylation sites (tertiary alicyclic amines) is 1. The Morgan fingerprint density at radius 3 is 2.50 bits per heavy atom. The molecule has 1 fully saturated rings. The number of rotatable bonds is 1. The van der Waals surface area contributed by atoms with Crippen LogP contribution in [0.15, 0.2) is 11.3 Å². The smallest absolute Gasteiger partial charge is 0.351 e. The lowest BCUT2D eigenvalue weighted by Crippen LogP contribution is -2.26. The summed E-state index contributed by atoms with van der Waals surface area (Å²) in [5.74, 6) is -0.515. The number of carbonyl (C=O) groups is 1. The molecule has 0 atom stereocenters. The zero-order chi connectivity index (χ0) is 12.3. The molecule has 4 heteroatoms. The highest BCUT2D eigenvalue weighted by atomic mass is 16.6. The van der Waals surface area contributed by atoms with Gasteiger partial charge in [0.2, 0.25) is 0 Å². The summed E-state index contributed by atoms with van der Waals surface area (Å²) < 4.78 is 5.21. The van der Waals surface area contributed by atoms with Crippen LogP contribution in [0.4, 0.5) is 0 Å². The van der Waals surface area contributed by atoms with Gasteiger partial charge in [-0.2, -0.15) is 5.26 Å². The van der Waals surface area contributed by atoms with E-state index in [2.05, 4.69) is 0 Å². The molecule has 1 aliphatic heterocycles. The summed E-state index contributed by atoms with van der Waals surface area (Å²) in [6, 6.07) is 1.96.